The van der Waals surface area contributed by atoms with Crippen molar-refractivity contribution >= 4 is 22.6 Å². The molecule has 3 nitrogen and oxygen atoms in total. The van der Waals surface area contributed by atoms with Crippen LogP contribution in [-0.2, 0) is 13.0 Å². The summed E-state index contributed by atoms with van der Waals surface area (Å²) in [5.74, 6) is 0.947. The summed E-state index contributed by atoms with van der Waals surface area (Å²) in [6.45, 7) is 0.635. The van der Waals surface area contributed by atoms with Gasteiger partial charge in [-0.15, -0.1) is 0 Å². The highest BCUT2D eigenvalue weighted by Gasteiger charge is 2.11. The van der Waals surface area contributed by atoms with Crippen LogP contribution >= 0.6 is 11.6 Å². The van der Waals surface area contributed by atoms with E-state index in [9.17, 15) is 5.11 Å². The van der Waals surface area contributed by atoms with Crippen LogP contribution in [0.15, 0.2) is 48.5 Å². The molecule has 0 unspecified atom stereocenters. The van der Waals surface area contributed by atoms with E-state index in [0.29, 0.717) is 11.6 Å². The Labute approximate surface area is 122 Å². The number of hydrogen-bond acceptors (Lipinski definition) is 2. The Bertz CT molecular complexity index is 722. The maximum absolute atomic E-state index is 9.27. The Hall–Kier alpha value is -1.84. The summed E-state index contributed by atoms with van der Waals surface area (Å²) < 4.78 is 2.05. The molecule has 0 atom stereocenters. The largest absolute Gasteiger partial charge is 0.395 e. The number of rotatable bonds is 4. The molecule has 0 aliphatic heterocycles. The molecule has 1 aromatic heterocycles. The molecule has 4 heteroatoms. The monoisotopic (exact) mass is 286 g/mol. The van der Waals surface area contributed by atoms with Gasteiger partial charge in [0.05, 0.1) is 17.6 Å². The van der Waals surface area contributed by atoms with E-state index in [4.69, 9.17) is 11.6 Å². The van der Waals surface area contributed by atoms with Crippen LogP contribution in [0.4, 0.5) is 0 Å². The zero-order valence-corrected chi connectivity index (χ0v) is 11.7. The number of benzene rings is 2. The van der Waals surface area contributed by atoms with Gasteiger partial charge in [-0.1, -0.05) is 41.9 Å². The molecule has 0 spiro atoms. The molecular formula is C16H15ClN2O. The minimum atomic E-state index is 0.0931. The first-order valence-corrected chi connectivity index (χ1v) is 6.95. The quantitative estimate of drug-likeness (QED) is 0.799. The van der Waals surface area contributed by atoms with E-state index in [1.54, 1.807) is 0 Å². The Morgan fingerprint density at radius 2 is 1.90 bits per heavy atom. The number of aromatic nitrogens is 2. The molecule has 2 aromatic carbocycles. The summed E-state index contributed by atoms with van der Waals surface area (Å²) in [7, 11) is 0. The minimum absolute atomic E-state index is 0.0931. The molecule has 0 aliphatic carbocycles. The summed E-state index contributed by atoms with van der Waals surface area (Å²) >= 11 is 6.02. The standard InChI is InChI=1S/C16H15ClN2O/c17-13-6-7-15-14(11-13)18-16(19(15)8-9-20)10-12-4-2-1-3-5-12/h1-7,11,20H,8-10H2. The normalized spacial score (nSPS) is 11.1. The maximum Gasteiger partial charge on any atom is 0.114 e. The topological polar surface area (TPSA) is 38.0 Å². The summed E-state index contributed by atoms with van der Waals surface area (Å²) in [5, 5.41) is 9.95. The smallest absolute Gasteiger partial charge is 0.114 e. The molecule has 0 radical (unpaired) electrons. The average molecular weight is 287 g/mol. The lowest BCUT2D eigenvalue weighted by atomic mass is 10.1. The molecule has 0 saturated carbocycles. The van der Waals surface area contributed by atoms with Gasteiger partial charge in [0.25, 0.3) is 0 Å². The van der Waals surface area contributed by atoms with E-state index in [-0.39, 0.29) is 6.61 Å². The third-order valence-electron chi connectivity index (χ3n) is 3.32. The van der Waals surface area contributed by atoms with Crippen LogP contribution in [-0.4, -0.2) is 21.3 Å². The second-order valence-electron chi connectivity index (χ2n) is 4.70. The molecule has 1 N–H and O–H groups in total. The number of aliphatic hydroxyl groups is 1. The lowest BCUT2D eigenvalue weighted by Crippen LogP contribution is -2.07. The van der Waals surface area contributed by atoms with E-state index in [1.165, 1.54) is 5.56 Å². The Kier molecular flexibility index (Phi) is 3.72. The fourth-order valence-electron chi connectivity index (χ4n) is 2.42. The van der Waals surface area contributed by atoms with Crippen molar-refractivity contribution in [2.75, 3.05) is 6.61 Å². The first-order chi connectivity index (χ1) is 9.78. The summed E-state index contributed by atoms with van der Waals surface area (Å²) in [6.07, 6.45) is 0.743. The van der Waals surface area contributed by atoms with Crippen molar-refractivity contribution in [3.63, 3.8) is 0 Å². The number of halogens is 1. The molecule has 3 aromatic rings. The van der Waals surface area contributed by atoms with E-state index in [2.05, 4.69) is 21.7 Å². The van der Waals surface area contributed by atoms with Gasteiger partial charge >= 0.3 is 0 Å². The average Bonchev–Trinajstić information content (AvgIpc) is 2.77. The number of aliphatic hydroxyl groups excluding tert-OH is 1. The first-order valence-electron chi connectivity index (χ1n) is 6.57. The fourth-order valence-corrected chi connectivity index (χ4v) is 2.58. The highest BCUT2D eigenvalue weighted by atomic mass is 35.5. The Morgan fingerprint density at radius 3 is 2.65 bits per heavy atom. The predicted molar refractivity (Wildman–Crippen MR) is 81.1 cm³/mol. The summed E-state index contributed by atoms with van der Waals surface area (Å²) in [5.41, 5.74) is 3.08. The number of imidazole rings is 1. The third-order valence-corrected chi connectivity index (χ3v) is 3.55. The molecule has 1 heterocycles. The van der Waals surface area contributed by atoms with Gasteiger partial charge in [-0.3, -0.25) is 0 Å². The van der Waals surface area contributed by atoms with Crippen molar-refractivity contribution < 1.29 is 5.11 Å². The fraction of sp³-hybridized carbons (Fsp3) is 0.188. The second kappa shape index (κ2) is 5.65. The maximum atomic E-state index is 9.27. The molecule has 0 aliphatic rings. The van der Waals surface area contributed by atoms with Gasteiger partial charge in [-0.2, -0.15) is 0 Å². The Morgan fingerprint density at radius 1 is 1.10 bits per heavy atom. The number of hydrogen-bond donors (Lipinski definition) is 1. The first kappa shape index (κ1) is 13.2. The molecule has 3 rings (SSSR count). The molecule has 102 valence electrons. The number of nitrogens with zero attached hydrogens (tertiary/aromatic N) is 2. The van der Waals surface area contributed by atoms with Crippen LogP contribution in [0.3, 0.4) is 0 Å². The van der Waals surface area contributed by atoms with Crippen molar-refractivity contribution in [3.8, 4) is 0 Å². The molecule has 0 bridgehead atoms. The van der Waals surface area contributed by atoms with Crippen LogP contribution in [0.25, 0.3) is 11.0 Å². The zero-order valence-electron chi connectivity index (χ0n) is 11.0. The van der Waals surface area contributed by atoms with Crippen LogP contribution < -0.4 is 0 Å². The van der Waals surface area contributed by atoms with Gasteiger partial charge in [0, 0.05) is 18.0 Å². The van der Waals surface area contributed by atoms with Crippen LogP contribution in [0.2, 0.25) is 5.02 Å². The van der Waals surface area contributed by atoms with E-state index in [0.717, 1.165) is 23.3 Å². The van der Waals surface area contributed by atoms with Crippen molar-refractivity contribution in [3.05, 3.63) is 64.9 Å². The van der Waals surface area contributed by atoms with Crippen LogP contribution in [0.5, 0.6) is 0 Å². The van der Waals surface area contributed by atoms with Crippen molar-refractivity contribution in [2.45, 2.75) is 13.0 Å². The summed E-state index contributed by atoms with van der Waals surface area (Å²) in [6, 6.07) is 15.9. The molecule has 0 saturated heterocycles. The van der Waals surface area contributed by atoms with Gasteiger partial charge in [0.1, 0.15) is 5.82 Å². The zero-order chi connectivity index (χ0) is 13.9. The van der Waals surface area contributed by atoms with Gasteiger partial charge in [0.15, 0.2) is 0 Å². The lowest BCUT2D eigenvalue weighted by Gasteiger charge is -2.07. The van der Waals surface area contributed by atoms with E-state index in [1.807, 2.05) is 36.4 Å². The second-order valence-corrected chi connectivity index (χ2v) is 5.14. The van der Waals surface area contributed by atoms with Gasteiger partial charge in [-0.05, 0) is 23.8 Å². The van der Waals surface area contributed by atoms with Crippen molar-refractivity contribution in [1.82, 2.24) is 9.55 Å². The highest BCUT2D eigenvalue weighted by molar-refractivity contribution is 6.31. The third kappa shape index (κ3) is 2.55. The summed E-state index contributed by atoms with van der Waals surface area (Å²) in [4.78, 5) is 4.65. The number of fused-ring (bicyclic) bond motifs is 1. The Balaban J connectivity index is 2.06. The minimum Gasteiger partial charge on any atom is -0.395 e. The highest BCUT2D eigenvalue weighted by Crippen LogP contribution is 2.22. The van der Waals surface area contributed by atoms with Gasteiger partial charge in [-0.25, -0.2) is 4.98 Å². The molecule has 0 amide bonds. The molecule has 20 heavy (non-hydrogen) atoms. The van der Waals surface area contributed by atoms with E-state index < -0.39 is 0 Å². The molecular weight excluding hydrogens is 272 g/mol. The lowest BCUT2D eigenvalue weighted by molar-refractivity contribution is 0.276. The molecule has 0 fully saturated rings. The van der Waals surface area contributed by atoms with Crippen LogP contribution in [0, 0.1) is 0 Å². The van der Waals surface area contributed by atoms with Gasteiger partial charge < -0.3 is 9.67 Å². The predicted octanol–water partition coefficient (Wildman–Crippen LogP) is 3.27. The van der Waals surface area contributed by atoms with Crippen molar-refractivity contribution in [1.29, 1.82) is 0 Å². The van der Waals surface area contributed by atoms with Gasteiger partial charge in [0.2, 0.25) is 0 Å². The van der Waals surface area contributed by atoms with E-state index >= 15 is 0 Å². The van der Waals surface area contributed by atoms with Crippen molar-refractivity contribution in [2.24, 2.45) is 0 Å². The van der Waals surface area contributed by atoms with Crippen LogP contribution in [0.1, 0.15) is 11.4 Å². The SMILES string of the molecule is OCCn1c(Cc2ccccc2)nc2cc(Cl)ccc21.